The lowest BCUT2D eigenvalue weighted by Gasteiger charge is -2.09. The van der Waals surface area contributed by atoms with Gasteiger partial charge in [0, 0.05) is 15.8 Å². The summed E-state index contributed by atoms with van der Waals surface area (Å²) < 4.78 is 12.1. The molecule has 0 aliphatic rings. The average molecular weight is 401 g/mol. The lowest BCUT2D eigenvalue weighted by Crippen LogP contribution is -2.03. The lowest BCUT2D eigenvalue weighted by atomic mass is 10.1. The Morgan fingerprint density at radius 1 is 1.15 bits per heavy atom. The first-order valence-corrected chi connectivity index (χ1v) is 10.8. The molecule has 1 atom stereocenters. The van der Waals surface area contributed by atoms with Crippen molar-refractivity contribution >= 4 is 49.7 Å². The van der Waals surface area contributed by atoms with Crippen molar-refractivity contribution in [2.45, 2.75) is 17.7 Å². The number of nitrogens with zero attached hydrogens (tertiary/aromatic N) is 2. The summed E-state index contributed by atoms with van der Waals surface area (Å²) in [6, 6.07) is 14.0. The number of hydrogen-bond acceptors (Lipinski definition) is 6. The van der Waals surface area contributed by atoms with Crippen molar-refractivity contribution in [3.8, 4) is 11.1 Å². The highest BCUT2D eigenvalue weighted by Crippen LogP contribution is 2.37. The second-order valence-electron chi connectivity index (χ2n) is 5.69. The normalized spacial score (nSPS) is 12.4. The Labute approximate surface area is 161 Å². The van der Waals surface area contributed by atoms with Crippen molar-refractivity contribution < 1.29 is 4.21 Å². The van der Waals surface area contributed by atoms with Crippen LogP contribution in [0.3, 0.4) is 0 Å². The summed E-state index contributed by atoms with van der Waals surface area (Å²) in [6.07, 6.45) is 0. The van der Waals surface area contributed by atoms with E-state index in [9.17, 15) is 4.21 Å². The van der Waals surface area contributed by atoms with Gasteiger partial charge in [-0.1, -0.05) is 30.3 Å². The van der Waals surface area contributed by atoms with Gasteiger partial charge < -0.3 is 5.32 Å². The van der Waals surface area contributed by atoms with Crippen molar-refractivity contribution in [3.63, 3.8) is 0 Å². The summed E-state index contributed by atoms with van der Waals surface area (Å²) in [5.74, 6) is 1.55. The molecule has 0 aliphatic heterocycles. The molecule has 0 bridgehead atoms. The monoisotopic (exact) mass is 400 g/mol. The molecule has 0 saturated heterocycles. The van der Waals surface area contributed by atoms with Gasteiger partial charge in [0.25, 0.3) is 0 Å². The highest BCUT2D eigenvalue weighted by molar-refractivity contribution is 7.85. The number of aryl methyl sites for hydroxylation is 1. The van der Waals surface area contributed by atoms with Crippen LogP contribution in [0.1, 0.15) is 10.7 Å². The molecular formula is C18H16N4OS3. The van der Waals surface area contributed by atoms with E-state index in [0.717, 1.165) is 37.9 Å². The molecule has 0 aliphatic carbocycles. The molecule has 132 valence electrons. The Kier molecular flexibility index (Phi) is 4.82. The molecule has 26 heavy (non-hydrogen) atoms. The molecule has 8 heteroatoms. The van der Waals surface area contributed by atoms with Crippen LogP contribution in [-0.2, 0) is 17.5 Å². The molecule has 3 heterocycles. The second kappa shape index (κ2) is 7.24. The number of thiophene rings is 2. The van der Waals surface area contributed by atoms with Crippen LogP contribution in [0.4, 0.5) is 5.82 Å². The topological polar surface area (TPSA) is 80.9 Å². The number of rotatable bonds is 5. The minimum absolute atomic E-state index is 0.595. The molecule has 3 aromatic heterocycles. The third-order valence-electron chi connectivity index (χ3n) is 3.90. The van der Waals surface area contributed by atoms with Crippen LogP contribution in [0.25, 0.3) is 21.3 Å². The van der Waals surface area contributed by atoms with Crippen LogP contribution in [-0.4, -0.2) is 14.2 Å². The van der Waals surface area contributed by atoms with Gasteiger partial charge in [-0.15, -0.1) is 22.7 Å². The van der Waals surface area contributed by atoms with E-state index < -0.39 is 11.0 Å². The van der Waals surface area contributed by atoms with Gasteiger partial charge >= 0.3 is 0 Å². The van der Waals surface area contributed by atoms with E-state index >= 15 is 0 Å². The Morgan fingerprint density at radius 3 is 2.69 bits per heavy atom. The van der Waals surface area contributed by atoms with E-state index in [1.807, 2.05) is 31.2 Å². The van der Waals surface area contributed by atoms with Gasteiger partial charge in [-0.2, -0.15) is 0 Å². The van der Waals surface area contributed by atoms with Crippen LogP contribution in [0.5, 0.6) is 0 Å². The number of benzene rings is 1. The van der Waals surface area contributed by atoms with E-state index in [1.54, 1.807) is 17.4 Å². The average Bonchev–Trinajstić information content (AvgIpc) is 3.27. The Bertz CT molecular complexity index is 1090. The Balaban J connectivity index is 1.71. The summed E-state index contributed by atoms with van der Waals surface area (Å²) in [5, 5.41) is 12.0. The smallest absolute Gasteiger partial charge is 0.139 e. The van der Waals surface area contributed by atoms with Crippen LogP contribution < -0.4 is 10.5 Å². The van der Waals surface area contributed by atoms with Gasteiger partial charge in [0.15, 0.2) is 0 Å². The maximum absolute atomic E-state index is 11.4. The molecular weight excluding hydrogens is 384 g/mol. The number of nitrogens with one attached hydrogen (secondary N) is 1. The first kappa shape index (κ1) is 17.3. The van der Waals surface area contributed by atoms with Gasteiger partial charge in [0.05, 0.1) is 11.9 Å². The van der Waals surface area contributed by atoms with Gasteiger partial charge in [-0.3, -0.25) is 0 Å². The molecule has 3 N–H and O–H groups in total. The first-order chi connectivity index (χ1) is 12.6. The second-order valence-corrected chi connectivity index (χ2v) is 9.01. The zero-order valence-electron chi connectivity index (χ0n) is 13.9. The highest BCUT2D eigenvalue weighted by atomic mass is 32.2. The van der Waals surface area contributed by atoms with Crippen LogP contribution >= 0.6 is 22.7 Å². The molecule has 0 radical (unpaired) electrons. The number of hydrogen-bond donors (Lipinski definition) is 2. The molecule has 0 saturated carbocycles. The fourth-order valence-corrected chi connectivity index (χ4v) is 5.26. The molecule has 1 unspecified atom stereocenters. The van der Waals surface area contributed by atoms with Gasteiger partial charge in [-0.25, -0.2) is 19.3 Å². The summed E-state index contributed by atoms with van der Waals surface area (Å²) in [6.45, 7) is 2.49. The number of aromatic nitrogens is 2. The van der Waals surface area contributed by atoms with E-state index in [4.69, 9.17) is 5.14 Å². The fraction of sp³-hybridized carbons (Fsp3) is 0.111. The van der Waals surface area contributed by atoms with E-state index in [-0.39, 0.29) is 0 Å². The molecule has 1 aromatic carbocycles. The van der Waals surface area contributed by atoms with Crippen molar-refractivity contribution in [1.82, 2.24) is 9.97 Å². The largest absolute Gasteiger partial charge is 0.365 e. The molecule has 4 aromatic rings. The van der Waals surface area contributed by atoms with E-state index in [0.29, 0.717) is 10.8 Å². The van der Waals surface area contributed by atoms with E-state index in [1.165, 1.54) is 11.3 Å². The molecule has 4 rings (SSSR count). The maximum Gasteiger partial charge on any atom is 0.139 e. The predicted molar refractivity (Wildman–Crippen MR) is 110 cm³/mol. The summed E-state index contributed by atoms with van der Waals surface area (Å²) >= 11 is 3.07. The van der Waals surface area contributed by atoms with Crippen molar-refractivity contribution in [3.05, 3.63) is 58.5 Å². The summed E-state index contributed by atoms with van der Waals surface area (Å²) in [4.78, 5) is 11.2. The van der Waals surface area contributed by atoms with Gasteiger partial charge in [-0.05, 0) is 24.6 Å². The van der Waals surface area contributed by atoms with Crippen molar-refractivity contribution in [2.75, 3.05) is 5.32 Å². The Morgan fingerprint density at radius 2 is 1.96 bits per heavy atom. The summed E-state index contributed by atoms with van der Waals surface area (Å²) in [7, 11) is -1.44. The first-order valence-electron chi connectivity index (χ1n) is 7.92. The van der Waals surface area contributed by atoms with Crippen molar-refractivity contribution in [2.24, 2.45) is 5.14 Å². The standard InChI is InChI=1S/C18H16N4OS3/c1-11-21-17(20-9-13-7-8-15(25-13)26(19)23)16-14(10-24-18(16)22-11)12-5-3-2-4-6-12/h2-8,10H,9,19H2,1H3,(H,20,21,22). The third kappa shape index (κ3) is 3.41. The highest BCUT2D eigenvalue weighted by Gasteiger charge is 2.14. The minimum Gasteiger partial charge on any atom is -0.365 e. The number of anilines is 1. The SMILES string of the molecule is Cc1nc(NCc2ccc(S(N)=O)s2)c2c(-c3ccccc3)csc2n1. The Hall–Kier alpha value is -2.13. The zero-order valence-corrected chi connectivity index (χ0v) is 16.4. The summed E-state index contributed by atoms with van der Waals surface area (Å²) in [5.41, 5.74) is 2.27. The van der Waals surface area contributed by atoms with E-state index in [2.05, 4.69) is 32.8 Å². The molecule has 0 fully saturated rings. The van der Waals surface area contributed by atoms with Crippen LogP contribution in [0.15, 0.2) is 52.1 Å². The minimum atomic E-state index is -1.44. The van der Waals surface area contributed by atoms with Crippen molar-refractivity contribution in [1.29, 1.82) is 0 Å². The molecule has 0 spiro atoms. The molecule has 0 amide bonds. The lowest BCUT2D eigenvalue weighted by molar-refractivity contribution is 0.685. The number of fused-ring (bicyclic) bond motifs is 1. The maximum atomic E-state index is 11.4. The predicted octanol–water partition coefficient (Wildman–Crippen LogP) is 4.32. The fourth-order valence-electron chi connectivity index (χ4n) is 2.74. The quantitative estimate of drug-likeness (QED) is 0.523. The molecule has 5 nitrogen and oxygen atoms in total. The number of nitrogens with two attached hydrogens (primary N) is 1. The zero-order chi connectivity index (χ0) is 18.1. The van der Waals surface area contributed by atoms with Crippen LogP contribution in [0, 0.1) is 6.92 Å². The van der Waals surface area contributed by atoms with Gasteiger partial charge in [0.1, 0.15) is 31.7 Å². The van der Waals surface area contributed by atoms with Crippen LogP contribution in [0.2, 0.25) is 0 Å². The third-order valence-corrected chi connectivity index (χ3v) is 6.92. The van der Waals surface area contributed by atoms with Gasteiger partial charge in [0.2, 0.25) is 0 Å².